The van der Waals surface area contributed by atoms with Crippen molar-refractivity contribution in [3.05, 3.63) is 71.7 Å². The monoisotopic (exact) mass is 407 g/mol. The van der Waals surface area contributed by atoms with Gasteiger partial charge in [-0.2, -0.15) is 5.10 Å². The molecule has 0 radical (unpaired) electrons. The van der Waals surface area contributed by atoms with E-state index >= 15 is 0 Å². The third kappa shape index (κ3) is 4.22. The van der Waals surface area contributed by atoms with Crippen LogP contribution in [0.25, 0.3) is 11.3 Å². The maximum Gasteiger partial charge on any atom is 0.227 e. The molecule has 0 atom stereocenters. The van der Waals surface area contributed by atoms with E-state index in [-0.39, 0.29) is 11.7 Å². The molecule has 5 nitrogen and oxygen atoms in total. The summed E-state index contributed by atoms with van der Waals surface area (Å²) in [4.78, 5) is 14.7. The third-order valence-corrected chi connectivity index (χ3v) is 5.82. The average molecular weight is 407 g/mol. The van der Waals surface area contributed by atoms with Crippen molar-refractivity contribution in [2.75, 3.05) is 20.2 Å². The fourth-order valence-electron chi connectivity index (χ4n) is 4.16. The van der Waals surface area contributed by atoms with Crippen LogP contribution in [0.2, 0.25) is 0 Å². The number of carbonyl (C=O) groups is 1. The summed E-state index contributed by atoms with van der Waals surface area (Å²) >= 11 is 0. The predicted octanol–water partition coefficient (Wildman–Crippen LogP) is 4.18. The van der Waals surface area contributed by atoms with Crippen LogP contribution in [0.4, 0.5) is 4.39 Å². The molecule has 0 unspecified atom stereocenters. The van der Waals surface area contributed by atoms with Crippen molar-refractivity contribution in [3.63, 3.8) is 0 Å². The largest absolute Gasteiger partial charge is 0.496 e. The molecule has 2 heterocycles. The van der Waals surface area contributed by atoms with Crippen molar-refractivity contribution in [2.45, 2.75) is 25.2 Å². The summed E-state index contributed by atoms with van der Waals surface area (Å²) in [6.45, 7) is 1.43. The van der Waals surface area contributed by atoms with Crippen LogP contribution in [-0.4, -0.2) is 40.8 Å². The number of amides is 1. The van der Waals surface area contributed by atoms with E-state index in [9.17, 15) is 9.18 Å². The number of nitrogens with zero attached hydrogens (tertiary/aromatic N) is 3. The summed E-state index contributed by atoms with van der Waals surface area (Å²) in [6.07, 6.45) is 2.09. The molecule has 1 aliphatic rings. The highest BCUT2D eigenvalue weighted by atomic mass is 19.1. The summed E-state index contributed by atoms with van der Waals surface area (Å²) in [5, 5.41) is 4.67. The van der Waals surface area contributed by atoms with Crippen molar-refractivity contribution >= 4 is 5.91 Å². The summed E-state index contributed by atoms with van der Waals surface area (Å²) in [5.74, 6) is 0.921. The standard InChI is InChI=1S/C24H26FN3O2/c1-27-22(18-7-5-8-20(25)14-18)16-21(26-27)17-10-12-28(13-11-17)24(29)15-19-6-3-4-9-23(19)30-2/h3-9,14,16-17H,10-13,15H2,1-2H3. The lowest BCUT2D eigenvalue weighted by atomic mass is 9.92. The molecule has 6 heteroatoms. The Bertz CT molecular complexity index is 1040. The van der Waals surface area contributed by atoms with E-state index in [0.717, 1.165) is 41.1 Å². The van der Waals surface area contributed by atoms with E-state index < -0.39 is 0 Å². The van der Waals surface area contributed by atoms with Crippen LogP contribution in [0.15, 0.2) is 54.6 Å². The number of hydrogen-bond acceptors (Lipinski definition) is 3. The van der Waals surface area contributed by atoms with Gasteiger partial charge in [0.1, 0.15) is 11.6 Å². The second-order valence-electron chi connectivity index (χ2n) is 7.73. The molecule has 0 N–H and O–H groups in total. The number of benzene rings is 2. The van der Waals surface area contributed by atoms with Gasteiger partial charge in [0.15, 0.2) is 0 Å². The number of halogens is 1. The Morgan fingerprint density at radius 1 is 1.13 bits per heavy atom. The van der Waals surface area contributed by atoms with E-state index in [0.29, 0.717) is 25.4 Å². The topological polar surface area (TPSA) is 47.4 Å². The highest BCUT2D eigenvalue weighted by Gasteiger charge is 2.26. The second-order valence-corrected chi connectivity index (χ2v) is 7.73. The number of para-hydroxylation sites is 1. The number of rotatable bonds is 5. The molecule has 1 aliphatic heterocycles. The van der Waals surface area contributed by atoms with Gasteiger partial charge in [0.25, 0.3) is 0 Å². The quantitative estimate of drug-likeness (QED) is 0.637. The van der Waals surface area contributed by atoms with Gasteiger partial charge in [-0.25, -0.2) is 4.39 Å². The van der Waals surface area contributed by atoms with Gasteiger partial charge in [0, 0.05) is 37.2 Å². The van der Waals surface area contributed by atoms with Gasteiger partial charge in [-0.3, -0.25) is 9.48 Å². The van der Waals surface area contributed by atoms with Crippen LogP contribution in [0.1, 0.15) is 30.0 Å². The molecule has 2 aromatic carbocycles. The van der Waals surface area contributed by atoms with Crippen LogP contribution in [0, 0.1) is 5.82 Å². The molecule has 4 rings (SSSR count). The van der Waals surface area contributed by atoms with Crippen LogP contribution in [0.3, 0.4) is 0 Å². The van der Waals surface area contributed by atoms with E-state index in [4.69, 9.17) is 4.74 Å². The molecule has 0 spiro atoms. The van der Waals surface area contributed by atoms with Crippen molar-refractivity contribution in [3.8, 4) is 17.0 Å². The first-order valence-corrected chi connectivity index (χ1v) is 10.2. The van der Waals surface area contributed by atoms with E-state index in [1.807, 2.05) is 53.0 Å². The number of ether oxygens (including phenoxy) is 1. The molecule has 1 aromatic heterocycles. The van der Waals surface area contributed by atoms with Gasteiger partial charge < -0.3 is 9.64 Å². The highest BCUT2D eigenvalue weighted by molar-refractivity contribution is 5.79. The smallest absolute Gasteiger partial charge is 0.227 e. The predicted molar refractivity (Wildman–Crippen MR) is 114 cm³/mol. The SMILES string of the molecule is COc1ccccc1CC(=O)N1CCC(c2cc(-c3cccc(F)c3)n(C)n2)CC1. The molecule has 0 saturated carbocycles. The number of carbonyl (C=O) groups excluding carboxylic acids is 1. The van der Waals surface area contributed by atoms with Crippen molar-refractivity contribution in [2.24, 2.45) is 7.05 Å². The lowest BCUT2D eigenvalue weighted by Gasteiger charge is -2.31. The van der Waals surface area contributed by atoms with Gasteiger partial charge in [-0.1, -0.05) is 30.3 Å². The summed E-state index contributed by atoms with van der Waals surface area (Å²) in [7, 11) is 3.51. The summed E-state index contributed by atoms with van der Waals surface area (Å²) < 4.78 is 20.8. The molecule has 1 amide bonds. The van der Waals surface area contributed by atoms with Crippen LogP contribution in [-0.2, 0) is 18.3 Å². The van der Waals surface area contributed by atoms with Crippen molar-refractivity contribution in [1.29, 1.82) is 0 Å². The first-order chi connectivity index (χ1) is 14.5. The number of hydrogen-bond donors (Lipinski definition) is 0. The number of aryl methyl sites for hydroxylation is 1. The Hall–Kier alpha value is -3.15. The molecule has 1 fully saturated rings. The van der Waals surface area contributed by atoms with Crippen molar-refractivity contribution < 1.29 is 13.9 Å². The molecule has 0 aliphatic carbocycles. The van der Waals surface area contributed by atoms with Gasteiger partial charge in [0.05, 0.1) is 24.9 Å². The third-order valence-electron chi connectivity index (χ3n) is 5.82. The number of aromatic nitrogens is 2. The first kappa shape index (κ1) is 20.1. The number of methoxy groups -OCH3 is 1. The summed E-state index contributed by atoms with van der Waals surface area (Å²) in [5.41, 5.74) is 3.64. The van der Waals surface area contributed by atoms with Gasteiger partial charge in [-0.05, 0) is 37.1 Å². The first-order valence-electron chi connectivity index (χ1n) is 10.2. The Balaban J connectivity index is 1.40. The molecular formula is C24H26FN3O2. The minimum absolute atomic E-state index is 0.124. The molecule has 1 saturated heterocycles. The van der Waals surface area contributed by atoms with E-state index in [1.165, 1.54) is 12.1 Å². The lowest BCUT2D eigenvalue weighted by Crippen LogP contribution is -2.38. The number of likely N-dealkylation sites (tertiary alicyclic amines) is 1. The van der Waals surface area contributed by atoms with E-state index in [1.54, 1.807) is 13.2 Å². The van der Waals surface area contributed by atoms with Crippen molar-refractivity contribution in [1.82, 2.24) is 14.7 Å². The zero-order chi connectivity index (χ0) is 21.1. The Morgan fingerprint density at radius 2 is 1.90 bits per heavy atom. The number of piperidine rings is 1. The minimum Gasteiger partial charge on any atom is -0.496 e. The summed E-state index contributed by atoms with van der Waals surface area (Å²) in [6, 6.07) is 16.3. The maximum atomic E-state index is 13.6. The van der Waals surface area contributed by atoms with Crippen LogP contribution >= 0.6 is 0 Å². The average Bonchev–Trinajstić information content (AvgIpc) is 3.16. The van der Waals surface area contributed by atoms with Gasteiger partial charge >= 0.3 is 0 Å². The molecule has 156 valence electrons. The molecule has 0 bridgehead atoms. The van der Waals surface area contributed by atoms with Gasteiger partial charge in [0.2, 0.25) is 5.91 Å². The zero-order valence-electron chi connectivity index (χ0n) is 17.3. The Labute approximate surface area is 176 Å². The molecule has 3 aromatic rings. The lowest BCUT2D eigenvalue weighted by molar-refractivity contribution is -0.131. The fourth-order valence-corrected chi connectivity index (χ4v) is 4.16. The van der Waals surface area contributed by atoms with E-state index in [2.05, 4.69) is 5.10 Å². The normalized spacial score (nSPS) is 14.7. The Morgan fingerprint density at radius 3 is 2.63 bits per heavy atom. The maximum absolute atomic E-state index is 13.6. The molecule has 30 heavy (non-hydrogen) atoms. The second kappa shape index (κ2) is 8.69. The van der Waals surface area contributed by atoms with Gasteiger partial charge in [-0.15, -0.1) is 0 Å². The fraction of sp³-hybridized carbons (Fsp3) is 0.333. The van der Waals surface area contributed by atoms with Crippen LogP contribution < -0.4 is 4.74 Å². The van der Waals surface area contributed by atoms with Crippen LogP contribution in [0.5, 0.6) is 5.75 Å². The highest BCUT2D eigenvalue weighted by Crippen LogP contribution is 2.31. The molecular weight excluding hydrogens is 381 g/mol. The zero-order valence-corrected chi connectivity index (χ0v) is 17.3. The minimum atomic E-state index is -0.253. The Kier molecular flexibility index (Phi) is 5.84.